The van der Waals surface area contributed by atoms with Gasteiger partial charge < -0.3 is 9.64 Å². The van der Waals surface area contributed by atoms with Crippen LogP contribution >= 0.6 is 0 Å². The van der Waals surface area contributed by atoms with Crippen molar-refractivity contribution in [3.63, 3.8) is 0 Å². The van der Waals surface area contributed by atoms with Crippen LogP contribution in [0.5, 0.6) is 5.75 Å². The topological polar surface area (TPSA) is 63.7 Å². The summed E-state index contributed by atoms with van der Waals surface area (Å²) in [6.07, 6.45) is 2.35. The van der Waals surface area contributed by atoms with Crippen LogP contribution in [0.25, 0.3) is 0 Å². The molecule has 0 radical (unpaired) electrons. The van der Waals surface area contributed by atoms with Crippen LogP contribution in [0.4, 0.5) is 4.39 Å². The van der Waals surface area contributed by atoms with Crippen molar-refractivity contribution in [2.24, 2.45) is 0 Å². The largest absolute Gasteiger partial charge is 0.494 e. The summed E-state index contributed by atoms with van der Waals surface area (Å²) >= 11 is 0. The molecule has 7 heteroatoms. The number of halogens is 1. The van der Waals surface area contributed by atoms with Crippen molar-refractivity contribution in [3.05, 3.63) is 65.5 Å². The number of hydrogen-bond donors (Lipinski definition) is 0. The monoisotopic (exact) mass is 419 g/mol. The Morgan fingerprint density at radius 3 is 2.52 bits per heavy atom. The normalized spacial score (nSPS) is 17.8. The third kappa shape index (κ3) is 5.56. The van der Waals surface area contributed by atoms with Gasteiger partial charge in [-0.25, -0.2) is 12.8 Å². The van der Waals surface area contributed by atoms with Gasteiger partial charge in [-0.05, 0) is 43.2 Å². The number of ether oxygens (including phenoxy) is 1. The van der Waals surface area contributed by atoms with Gasteiger partial charge in [0.1, 0.15) is 11.6 Å². The summed E-state index contributed by atoms with van der Waals surface area (Å²) in [7, 11) is -3.19. The van der Waals surface area contributed by atoms with Crippen LogP contribution in [0.3, 0.4) is 0 Å². The number of rotatable bonds is 8. The van der Waals surface area contributed by atoms with Gasteiger partial charge in [-0.15, -0.1) is 0 Å². The molecule has 3 rings (SSSR count). The predicted octanol–water partition coefficient (Wildman–Crippen LogP) is 3.83. The van der Waals surface area contributed by atoms with Crippen molar-refractivity contribution in [1.82, 2.24) is 4.90 Å². The van der Waals surface area contributed by atoms with E-state index >= 15 is 0 Å². The van der Waals surface area contributed by atoms with Gasteiger partial charge >= 0.3 is 0 Å². The molecule has 1 saturated heterocycles. The molecule has 0 aliphatic carbocycles. The Balaban J connectivity index is 1.81. The Bertz CT molecular complexity index is 944. The Labute approximate surface area is 171 Å². The van der Waals surface area contributed by atoms with Crippen LogP contribution in [0, 0.1) is 5.82 Å². The lowest BCUT2D eigenvalue weighted by Gasteiger charge is -2.28. The van der Waals surface area contributed by atoms with Crippen molar-refractivity contribution in [1.29, 1.82) is 0 Å². The quantitative estimate of drug-likeness (QED) is 0.610. The molecule has 1 atom stereocenters. The van der Waals surface area contributed by atoms with Crippen LogP contribution in [-0.4, -0.2) is 43.4 Å². The molecule has 1 fully saturated rings. The first kappa shape index (κ1) is 21.3. The van der Waals surface area contributed by atoms with Crippen LogP contribution < -0.4 is 4.74 Å². The number of unbranched alkanes of at least 4 members (excludes halogenated alkanes) is 1. The molecule has 2 aromatic rings. The number of benzene rings is 2. The molecule has 0 bridgehead atoms. The molecule has 1 aliphatic heterocycles. The predicted molar refractivity (Wildman–Crippen MR) is 110 cm³/mol. The SMILES string of the molecule is CCCCOc1ccc(C(=O)N(Cc2ccccc2F)[C@H]2CCS(=O)(=O)C2)cc1. The van der Waals surface area contributed by atoms with E-state index in [0.717, 1.165) is 12.8 Å². The third-order valence-electron chi connectivity index (χ3n) is 5.08. The van der Waals surface area contributed by atoms with E-state index in [0.29, 0.717) is 29.9 Å². The number of amides is 1. The fourth-order valence-electron chi connectivity index (χ4n) is 3.39. The highest BCUT2D eigenvalue weighted by molar-refractivity contribution is 7.91. The summed E-state index contributed by atoms with van der Waals surface area (Å²) in [5.41, 5.74) is 0.790. The smallest absolute Gasteiger partial charge is 0.254 e. The molecule has 29 heavy (non-hydrogen) atoms. The fraction of sp³-hybridized carbons (Fsp3) is 0.409. The summed E-state index contributed by atoms with van der Waals surface area (Å²) in [6.45, 7) is 2.72. The average molecular weight is 420 g/mol. The molecule has 156 valence electrons. The first-order valence-electron chi connectivity index (χ1n) is 9.87. The van der Waals surface area contributed by atoms with Crippen LogP contribution in [0.15, 0.2) is 48.5 Å². The standard InChI is InChI=1S/C22H26FNO4S/c1-2-3-13-28-20-10-8-17(9-11-20)22(25)24(19-12-14-29(26,27)16-19)15-18-6-4-5-7-21(18)23/h4-11,19H,2-3,12-16H2,1H3/t19-/m0/s1. The lowest BCUT2D eigenvalue weighted by molar-refractivity contribution is 0.0679. The Kier molecular flexibility index (Phi) is 6.90. The third-order valence-corrected chi connectivity index (χ3v) is 6.83. The lowest BCUT2D eigenvalue weighted by Crippen LogP contribution is -2.40. The number of nitrogens with zero attached hydrogens (tertiary/aromatic N) is 1. The van der Waals surface area contributed by atoms with Crippen molar-refractivity contribution in [2.75, 3.05) is 18.1 Å². The van der Waals surface area contributed by atoms with Gasteiger partial charge in [-0.2, -0.15) is 0 Å². The van der Waals surface area contributed by atoms with Gasteiger partial charge in [0, 0.05) is 23.7 Å². The highest BCUT2D eigenvalue weighted by atomic mass is 32.2. The van der Waals surface area contributed by atoms with Crippen molar-refractivity contribution < 1.29 is 22.3 Å². The van der Waals surface area contributed by atoms with Gasteiger partial charge in [0.2, 0.25) is 0 Å². The molecule has 2 aromatic carbocycles. The molecule has 0 saturated carbocycles. The molecule has 1 heterocycles. The number of sulfone groups is 1. The highest BCUT2D eigenvalue weighted by Gasteiger charge is 2.35. The summed E-state index contributed by atoms with van der Waals surface area (Å²) in [6, 6.07) is 12.6. The zero-order valence-electron chi connectivity index (χ0n) is 16.5. The van der Waals surface area contributed by atoms with Gasteiger partial charge in [0.05, 0.1) is 18.1 Å². The van der Waals surface area contributed by atoms with E-state index in [1.54, 1.807) is 42.5 Å². The van der Waals surface area contributed by atoms with E-state index in [2.05, 4.69) is 6.92 Å². The van der Waals surface area contributed by atoms with Gasteiger partial charge in [-0.3, -0.25) is 4.79 Å². The van der Waals surface area contributed by atoms with Crippen molar-refractivity contribution in [3.8, 4) is 5.75 Å². The Morgan fingerprint density at radius 2 is 1.90 bits per heavy atom. The van der Waals surface area contributed by atoms with E-state index in [1.165, 1.54) is 11.0 Å². The first-order chi connectivity index (χ1) is 13.9. The van der Waals surface area contributed by atoms with Crippen molar-refractivity contribution >= 4 is 15.7 Å². The Hall–Kier alpha value is -2.41. The van der Waals surface area contributed by atoms with E-state index in [-0.39, 0.29) is 24.0 Å². The second kappa shape index (κ2) is 9.39. The van der Waals surface area contributed by atoms with Crippen LogP contribution in [0.2, 0.25) is 0 Å². The second-order valence-corrected chi connectivity index (χ2v) is 9.54. The Morgan fingerprint density at radius 1 is 1.17 bits per heavy atom. The fourth-order valence-corrected chi connectivity index (χ4v) is 5.12. The number of carbonyl (C=O) groups excluding carboxylic acids is 1. The summed E-state index contributed by atoms with van der Waals surface area (Å²) in [5, 5.41) is 0. The zero-order chi connectivity index (χ0) is 20.9. The minimum atomic E-state index is -3.19. The molecule has 0 aromatic heterocycles. The summed E-state index contributed by atoms with van der Waals surface area (Å²) in [4.78, 5) is 14.7. The summed E-state index contributed by atoms with van der Waals surface area (Å²) < 4.78 is 43.7. The maximum absolute atomic E-state index is 14.2. The zero-order valence-corrected chi connectivity index (χ0v) is 17.3. The minimum Gasteiger partial charge on any atom is -0.494 e. The van der Waals surface area contributed by atoms with E-state index in [9.17, 15) is 17.6 Å². The first-order valence-corrected chi connectivity index (χ1v) is 11.7. The molecular weight excluding hydrogens is 393 g/mol. The van der Waals surface area contributed by atoms with Crippen molar-refractivity contribution in [2.45, 2.75) is 38.8 Å². The molecule has 0 spiro atoms. The maximum Gasteiger partial charge on any atom is 0.254 e. The molecule has 1 aliphatic rings. The van der Waals surface area contributed by atoms with E-state index in [1.807, 2.05) is 0 Å². The molecule has 0 N–H and O–H groups in total. The number of carbonyl (C=O) groups is 1. The average Bonchev–Trinajstić information content (AvgIpc) is 3.07. The number of hydrogen-bond acceptors (Lipinski definition) is 4. The van der Waals surface area contributed by atoms with Gasteiger partial charge in [0.15, 0.2) is 9.84 Å². The van der Waals surface area contributed by atoms with E-state index < -0.39 is 21.7 Å². The molecule has 1 amide bonds. The maximum atomic E-state index is 14.2. The van der Waals surface area contributed by atoms with Gasteiger partial charge in [0.25, 0.3) is 5.91 Å². The van der Waals surface area contributed by atoms with Crippen LogP contribution in [-0.2, 0) is 16.4 Å². The van der Waals surface area contributed by atoms with E-state index in [4.69, 9.17) is 4.74 Å². The second-order valence-electron chi connectivity index (χ2n) is 7.31. The van der Waals surface area contributed by atoms with Crippen LogP contribution in [0.1, 0.15) is 42.1 Å². The highest BCUT2D eigenvalue weighted by Crippen LogP contribution is 2.24. The molecular formula is C22H26FNO4S. The summed E-state index contributed by atoms with van der Waals surface area (Å²) in [5.74, 6) is -0.0886. The minimum absolute atomic E-state index is 0.0282. The lowest BCUT2D eigenvalue weighted by atomic mass is 10.1. The molecule has 5 nitrogen and oxygen atoms in total. The van der Waals surface area contributed by atoms with Gasteiger partial charge in [-0.1, -0.05) is 31.5 Å². The molecule has 0 unspecified atom stereocenters.